The van der Waals surface area contributed by atoms with E-state index in [4.69, 9.17) is 11.2 Å². The first kappa shape index (κ1) is 12.7. The van der Waals surface area contributed by atoms with Crippen molar-refractivity contribution < 1.29 is 9.53 Å². The van der Waals surface area contributed by atoms with Crippen LogP contribution >= 0.6 is 0 Å². The molecule has 94 valence electrons. The van der Waals surface area contributed by atoms with Crippen LogP contribution in [-0.2, 0) is 4.74 Å². The fraction of sp³-hybridized carbons (Fsp3) is 0.0625. The van der Waals surface area contributed by atoms with Crippen molar-refractivity contribution in [3.05, 3.63) is 59.7 Å². The lowest BCUT2D eigenvalue weighted by atomic mass is 10.1. The molecule has 2 aromatic rings. The van der Waals surface area contributed by atoms with Crippen molar-refractivity contribution in [2.24, 2.45) is 0 Å². The minimum absolute atomic E-state index is 0.388. The van der Waals surface area contributed by atoms with Crippen LogP contribution in [0.25, 0.3) is 0 Å². The molecule has 0 amide bonds. The molecule has 0 atom stereocenters. The van der Waals surface area contributed by atoms with Crippen LogP contribution in [0.1, 0.15) is 15.9 Å². The highest BCUT2D eigenvalue weighted by molar-refractivity contribution is 5.96. The van der Waals surface area contributed by atoms with Crippen molar-refractivity contribution in [3.8, 4) is 12.3 Å². The predicted octanol–water partition coefficient (Wildman–Crippen LogP) is 3.20. The van der Waals surface area contributed by atoms with Crippen molar-refractivity contribution >= 4 is 17.3 Å². The van der Waals surface area contributed by atoms with Gasteiger partial charge in [0.2, 0.25) is 0 Å². The second-order valence-electron chi connectivity index (χ2n) is 3.85. The van der Waals surface area contributed by atoms with Crippen molar-refractivity contribution in [2.45, 2.75) is 0 Å². The third-order valence-corrected chi connectivity index (χ3v) is 2.68. The molecule has 3 heteroatoms. The van der Waals surface area contributed by atoms with Gasteiger partial charge in [-0.1, -0.05) is 30.2 Å². The number of carbonyl (C=O) groups is 1. The Hall–Kier alpha value is -2.73. The summed E-state index contributed by atoms with van der Waals surface area (Å²) < 4.78 is 4.75. The highest BCUT2D eigenvalue weighted by atomic mass is 16.5. The van der Waals surface area contributed by atoms with Gasteiger partial charge in [-0.05, 0) is 24.3 Å². The maximum atomic E-state index is 11.7. The number of hydrogen-bond acceptors (Lipinski definition) is 3. The molecule has 0 bridgehead atoms. The zero-order chi connectivity index (χ0) is 13.7. The van der Waals surface area contributed by atoms with Crippen LogP contribution in [-0.4, -0.2) is 13.1 Å². The number of ether oxygens (including phenoxy) is 1. The molecule has 1 N–H and O–H groups in total. The van der Waals surface area contributed by atoms with E-state index < -0.39 is 0 Å². The first-order valence-corrected chi connectivity index (χ1v) is 5.76. The average Bonchev–Trinajstić information content (AvgIpc) is 2.47. The predicted molar refractivity (Wildman–Crippen MR) is 75.4 cm³/mol. The van der Waals surface area contributed by atoms with Crippen molar-refractivity contribution in [3.63, 3.8) is 0 Å². The smallest absolute Gasteiger partial charge is 0.339 e. The van der Waals surface area contributed by atoms with Gasteiger partial charge in [0.25, 0.3) is 0 Å². The normalized spacial score (nSPS) is 9.47. The molecule has 0 radical (unpaired) electrons. The number of para-hydroxylation sites is 2. The highest BCUT2D eigenvalue weighted by Gasteiger charge is 2.11. The summed E-state index contributed by atoms with van der Waals surface area (Å²) >= 11 is 0. The van der Waals surface area contributed by atoms with Crippen LogP contribution < -0.4 is 5.32 Å². The zero-order valence-corrected chi connectivity index (χ0v) is 10.5. The summed E-state index contributed by atoms with van der Waals surface area (Å²) in [7, 11) is 1.36. The molecule has 3 nitrogen and oxygen atoms in total. The minimum Gasteiger partial charge on any atom is -0.465 e. The summed E-state index contributed by atoms with van der Waals surface area (Å²) in [5, 5.41) is 3.16. The largest absolute Gasteiger partial charge is 0.465 e. The Bertz CT molecular complexity index is 641. The van der Waals surface area contributed by atoms with Gasteiger partial charge in [0.05, 0.1) is 24.0 Å². The lowest BCUT2D eigenvalue weighted by molar-refractivity contribution is 0.0602. The minimum atomic E-state index is -0.388. The second kappa shape index (κ2) is 5.74. The zero-order valence-electron chi connectivity index (χ0n) is 10.5. The molecule has 2 rings (SSSR count). The van der Waals surface area contributed by atoms with Crippen LogP contribution in [0, 0.1) is 12.3 Å². The molecule has 19 heavy (non-hydrogen) atoms. The fourth-order valence-electron chi connectivity index (χ4n) is 1.74. The maximum absolute atomic E-state index is 11.7. The van der Waals surface area contributed by atoms with E-state index in [1.54, 1.807) is 18.2 Å². The van der Waals surface area contributed by atoms with E-state index >= 15 is 0 Å². The van der Waals surface area contributed by atoms with Gasteiger partial charge in [-0.25, -0.2) is 4.79 Å². The Morgan fingerprint density at radius 3 is 2.42 bits per heavy atom. The van der Waals surface area contributed by atoms with Crippen LogP contribution in [0.5, 0.6) is 0 Å². The number of hydrogen-bond donors (Lipinski definition) is 1. The lowest BCUT2D eigenvalue weighted by Crippen LogP contribution is -2.05. The van der Waals surface area contributed by atoms with Gasteiger partial charge in [-0.3, -0.25) is 0 Å². The molecule has 0 unspecified atom stereocenters. The quantitative estimate of drug-likeness (QED) is 0.672. The molecular weight excluding hydrogens is 238 g/mol. The highest BCUT2D eigenvalue weighted by Crippen LogP contribution is 2.23. The summed E-state index contributed by atoms with van der Waals surface area (Å²) in [5.74, 6) is 2.21. The van der Waals surface area contributed by atoms with Crippen LogP contribution in [0.3, 0.4) is 0 Å². The van der Waals surface area contributed by atoms with Crippen molar-refractivity contribution in [1.82, 2.24) is 0 Å². The van der Waals surface area contributed by atoms with E-state index in [2.05, 4.69) is 11.2 Å². The van der Waals surface area contributed by atoms with E-state index in [0.29, 0.717) is 11.3 Å². The molecule has 0 saturated heterocycles. The molecule has 0 fully saturated rings. The molecule has 0 heterocycles. The number of esters is 1. The monoisotopic (exact) mass is 251 g/mol. The topological polar surface area (TPSA) is 38.3 Å². The van der Waals surface area contributed by atoms with E-state index in [1.165, 1.54) is 7.11 Å². The Kier molecular flexibility index (Phi) is 3.84. The van der Waals surface area contributed by atoms with Gasteiger partial charge in [-0.15, -0.1) is 6.42 Å². The Labute approximate surface area is 112 Å². The summed E-state index contributed by atoms with van der Waals surface area (Å²) in [6.07, 6.45) is 5.45. The number of methoxy groups -OCH3 is 1. The van der Waals surface area contributed by atoms with Gasteiger partial charge in [0.1, 0.15) is 0 Å². The van der Waals surface area contributed by atoms with E-state index in [1.807, 2.05) is 30.3 Å². The number of anilines is 2. The Morgan fingerprint density at radius 1 is 1.11 bits per heavy atom. The van der Waals surface area contributed by atoms with Gasteiger partial charge in [-0.2, -0.15) is 0 Å². The number of terminal acetylenes is 1. The Balaban J connectivity index is 2.39. The van der Waals surface area contributed by atoms with E-state index in [9.17, 15) is 4.79 Å². The third kappa shape index (κ3) is 2.75. The van der Waals surface area contributed by atoms with Crippen LogP contribution in [0.4, 0.5) is 11.4 Å². The van der Waals surface area contributed by atoms with Crippen molar-refractivity contribution in [2.75, 3.05) is 12.4 Å². The summed E-state index contributed by atoms with van der Waals surface area (Å²) in [4.78, 5) is 11.7. The van der Waals surface area contributed by atoms with Gasteiger partial charge < -0.3 is 10.1 Å². The molecule has 0 aliphatic rings. The molecule has 0 aromatic heterocycles. The molecular formula is C16H13NO2. The van der Waals surface area contributed by atoms with E-state index in [0.717, 1.165) is 11.3 Å². The SMILES string of the molecule is C#Cc1ccccc1Nc1ccccc1C(=O)OC. The molecule has 2 aromatic carbocycles. The summed E-state index contributed by atoms with van der Waals surface area (Å²) in [6, 6.07) is 14.6. The molecule has 0 aliphatic carbocycles. The first-order chi connectivity index (χ1) is 9.26. The van der Waals surface area contributed by atoms with Gasteiger partial charge >= 0.3 is 5.97 Å². The summed E-state index contributed by atoms with van der Waals surface area (Å²) in [6.45, 7) is 0. The molecule has 0 saturated carbocycles. The Morgan fingerprint density at radius 2 is 1.74 bits per heavy atom. The van der Waals surface area contributed by atoms with Crippen molar-refractivity contribution in [1.29, 1.82) is 0 Å². The number of benzene rings is 2. The number of nitrogens with one attached hydrogen (secondary N) is 1. The fourth-order valence-corrected chi connectivity index (χ4v) is 1.74. The molecule has 0 spiro atoms. The maximum Gasteiger partial charge on any atom is 0.339 e. The van der Waals surface area contributed by atoms with E-state index in [-0.39, 0.29) is 5.97 Å². The van der Waals surface area contributed by atoms with Gasteiger partial charge in [0.15, 0.2) is 0 Å². The second-order valence-corrected chi connectivity index (χ2v) is 3.85. The average molecular weight is 251 g/mol. The molecule has 0 aliphatic heterocycles. The lowest BCUT2D eigenvalue weighted by Gasteiger charge is -2.12. The first-order valence-electron chi connectivity index (χ1n) is 5.76. The van der Waals surface area contributed by atoms with Crippen LogP contribution in [0.15, 0.2) is 48.5 Å². The third-order valence-electron chi connectivity index (χ3n) is 2.68. The van der Waals surface area contributed by atoms with Gasteiger partial charge in [0, 0.05) is 5.56 Å². The van der Waals surface area contributed by atoms with Crippen LogP contribution in [0.2, 0.25) is 0 Å². The summed E-state index contributed by atoms with van der Waals surface area (Å²) in [5.41, 5.74) is 2.65. The number of carbonyl (C=O) groups excluding carboxylic acids is 1. The standard InChI is InChI=1S/C16H13NO2/c1-3-12-8-4-6-10-14(12)17-15-11-7-5-9-13(15)16(18)19-2/h1,4-11,17H,2H3. The number of rotatable bonds is 3.